The van der Waals surface area contributed by atoms with E-state index in [0.717, 1.165) is 25.9 Å². The van der Waals surface area contributed by atoms with Crippen LogP contribution in [0.4, 0.5) is 0 Å². The van der Waals surface area contributed by atoms with E-state index in [4.69, 9.17) is 9.47 Å². The number of carbonyl (C=O) groups is 1. The van der Waals surface area contributed by atoms with Crippen molar-refractivity contribution in [3.8, 4) is 0 Å². The van der Waals surface area contributed by atoms with E-state index < -0.39 is 0 Å². The zero-order valence-corrected chi connectivity index (χ0v) is 29.5. The van der Waals surface area contributed by atoms with Crippen molar-refractivity contribution in [3.05, 3.63) is 0 Å². The first kappa shape index (κ1) is 41.4. The molecule has 0 spiro atoms. The number of ether oxygens (including phenoxy) is 2. The first-order valence-corrected chi connectivity index (χ1v) is 19.4. The zero-order valence-electron chi connectivity index (χ0n) is 29.5. The highest BCUT2D eigenvalue weighted by Crippen LogP contribution is 2.18. The van der Waals surface area contributed by atoms with Gasteiger partial charge < -0.3 is 9.47 Å². The molecule has 0 aliphatic carbocycles. The average molecular weight is 595 g/mol. The molecular weight excluding hydrogens is 516 g/mol. The van der Waals surface area contributed by atoms with E-state index in [1.807, 2.05) is 0 Å². The highest BCUT2D eigenvalue weighted by Gasteiger charge is 2.17. The fraction of sp³-hybridized carbons (Fsp3) is 0.974. The van der Waals surface area contributed by atoms with Crippen molar-refractivity contribution >= 4 is 5.97 Å². The van der Waals surface area contributed by atoms with Crippen molar-refractivity contribution in [1.82, 2.24) is 0 Å². The molecule has 0 amide bonds. The van der Waals surface area contributed by atoms with E-state index in [1.165, 1.54) is 173 Å². The van der Waals surface area contributed by atoms with Crippen molar-refractivity contribution in [1.29, 1.82) is 0 Å². The molecule has 0 aliphatic rings. The Morgan fingerprint density at radius 3 is 1.19 bits per heavy atom. The number of hydrogen-bond acceptors (Lipinski definition) is 3. The van der Waals surface area contributed by atoms with Crippen LogP contribution < -0.4 is 0 Å². The molecule has 3 heteroatoms. The van der Waals surface area contributed by atoms with E-state index in [-0.39, 0.29) is 18.2 Å². The Balaban J connectivity index is 4.16. The van der Waals surface area contributed by atoms with Crippen LogP contribution in [-0.4, -0.2) is 24.8 Å². The van der Waals surface area contributed by atoms with Gasteiger partial charge in [0.25, 0.3) is 0 Å². The van der Waals surface area contributed by atoms with Crippen LogP contribution in [0.25, 0.3) is 0 Å². The van der Waals surface area contributed by atoms with Crippen molar-refractivity contribution in [3.63, 3.8) is 0 Å². The maximum absolute atomic E-state index is 12.8. The summed E-state index contributed by atoms with van der Waals surface area (Å²) < 4.78 is 12.1. The monoisotopic (exact) mass is 595 g/mol. The SMILES string of the molecule is CCCCCCCCCCCCOC(CCCCCCCCCCC)CC(=O)OC(C)CCCCCCCCCCC. The van der Waals surface area contributed by atoms with Gasteiger partial charge in [0.2, 0.25) is 0 Å². The molecule has 42 heavy (non-hydrogen) atoms. The predicted octanol–water partition coefficient (Wildman–Crippen LogP) is 13.5. The van der Waals surface area contributed by atoms with Crippen molar-refractivity contribution in [2.45, 2.75) is 239 Å². The van der Waals surface area contributed by atoms with Crippen LogP contribution in [0, 0.1) is 0 Å². The van der Waals surface area contributed by atoms with Crippen LogP contribution in [0.15, 0.2) is 0 Å². The quantitative estimate of drug-likeness (QED) is 0.0541. The Kier molecular flexibility index (Phi) is 34.4. The van der Waals surface area contributed by atoms with Gasteiger partial charge in [0.1, 0.15) is 0 Å². The van der Waals surface area contributed by atoms with Gasteiger partial charge >= 0.3 is 5.97 Å². The molecule has 3 nitrogen and oxygen atoms in total. The second-order valence-electron chi connectivity index (χ2n) is 13.4. The van der Waals surface area contributed by atoms with Crippen LogP contribution in [0.5, 0.6) is 0 Å². The Labute approximate surface area is 265 Å². The number of unbranched alkanes of at least 4 members (excludes halogenated alkanes) is 25. The summed E-state index contributed by atoms with van der Waals surface area (Å²) in [6, 6.07) is 0. The molecule has 2 unspecified atom stereocenters. The van der Waals surface area contributed by atoms with E-state index in [9.17, 15) is 4.79 Å². The average Bonchev–Trinajstić information content (AvgIpc) is 2.98. The lowest BCUT2D eigenvalue weighted by molar-refractivity contribution is -0.152. The second-order valence-corrected chi connectivity index (χ2v) is 13.4. The lowest BCUT2D eigenvalue weighted by Gasteiger charge is -2.19. The summed E-state index contributed by atoms with van der Waals surface area (Å²) in [4.78, 5) is 12.8. The second kappa shape index (κ2) is 34.9. The fourth-order valence-electron chi connectivity index (χ4n) is 6.03. The summed E-state index contributed by atoms with van der Waals surface area (Å²) in [5.41, 5.74) is 0. The van der Waals surface area contributed by atoms with Crippen LogP contribution in [0.2, 0.25) is 0 Å². The molecule has 0 saturated carbocycles. The van der Waals surface area contributed by atoms with Crippen LogP contribution in [-0.2, 0) is 14.3 Å². The minimum absolute atomic E-state index is 0.0254. The Morgan fingerprint density at radius 2 is 0.786 bits per heavy atom. The first-order valence-electron chi connectivity index (χ1n) is 19.4. The minimum atomic E-state index is -0.0533. The van der Waals surface area contributed by atoms with E-state index >= 15 is 0 Å². The molecule has 0 radical (unpaired) electrons. The van der Waals surface area contributed by atoms with E-state index in [0.29, 0.717) is 6.42 Å². The van der Waals surface area contributed by atoms with Crippen molar-refractivity contribution < 1.29 is 14.3 Å². The number of esters is 1. The third-order valence-electron chi connectivity index (χ3n) is 8.92. The summed E-state index contributed by atoms with van der Waals surface area (Å²) in [5, 5.41) is 0. The molecule has 0 aromatic rings. The maximum atomic E-state index is 12.8. The van der Waals surface area contributed by atoms with Crippen LogP contribution in [0.3, 0.4) is 0 Å². The Bertz CT molecular complexity index is 520. The van der Waals surface area contributed by atoms with Crippen molar-refractivity contribution in [2.24, 2.45) is 0 Å². The Morgan fingerprint density at radius 1 is 0.452 bits per heavy atom. The van der Waals surface area contributed by atoms with Gasteiger partial charge in [-0.25, -0.2) is 0 Å². The normalized spacial score (nSPS) is 13.0. The molecule has 252 valence electrons. The predicted molar refractivity (Wildman–Crippen MR) is 185 cm³/mol. The summed E-state index contributed by atoms with van der Waals surface area (Å²) in [6.07, 6.45) is 39.8. The zero-order chi connectivity index (χ0) is 30.8. The molecular formula is C39H78O3. The lowest BCUT2D eigenvalue weighted by atomic mass is 10.0. The summed E-state index contributed by atoms with van der Waals surface area (Å²) in [6.45, 7) is 9.70. The molecule has 0 bridgehead atoms. The highest BCUT2D eigenvalue weighted by atomic mass is 16.5. The lowest BCUT2D eigenvalue weighted by Crippen LogP contribution is -2.23. The highest BCUT2D eigenvalue weighted by molar-refractivity contribution is 5.70. The molecule has 0 fully saturated rings. The summed E-state index contributed by atoms with van der Waals surface area (Å²) >= 11 is 0. The first-order chi connectivity index (χ1) is 20.6. The molecule has 0 rings (SSSR count). The van der Waals surface area contributed by atoms with Gasteiger partial charge in [-0.2, -0.15) is 0 Å². The molecule has 0 aliphatic heterocycles. The van der Waals surface area contributed by atoms with E-state index in [2.05, 4.69) is 27.7 Å². The van der Waals surface area contributed by atoms with Gasteiger partial charge in [-0.3, -0.25) is 4.79 Å². The molecule has 0 aromatic carbocycles. The minimum Gasteiger partial charge on any atom is -0.463 e. The van der Waals surface area contributed by atoms with Gasteiger partial charge in [-0.15, -0.1) is 0 Å². The number of rotatable bonds is 35. The molecule has 0 heterocycles. The smallest absolute Gasteiger partial charge is 0.308 e. The standard InChI is InChI=1S/C39H78O3/c1-5-8-11-14-17-20-23-26-29-32-35-41-38(34-31-28-25-22-19-16-13-10-7-3)36-39(40)42-37(4)33-30-27-24-21-18-15-12-9-6-2/h37-38H,5-36H2,1-4H3. The molecule has 0 saturated heterocycles. The van der Waals surface area contributed by atoms with Crippen LogP contribution in [0.1, 0.15) is 227 Å². The fourth-order valence-corrected chi connectivity index (χ4v) is 6.03. The molecule has 0 aromatic heterocycles. The summed E-state index contributed by atoms with van der Waals surface area (Å²) in [7, 11) is 0. The topological polar surface area (TPSA) is 35.5 Å². The van der Waals surface area contributed by atoms with Crippen LogP contribution >= 0.6 is 0 Å². The molecule has 0 N–H and O–H groups in total. The van der Waals surface area contributed by atoms with Gasteiger partial charge in [-0.05, 0) is 32.6 Å². The third-order valence-corrected chi connectivity index (χ3v) is 8.92. The molecule has 2 atom stereocenters. The van der Waals surface area contributed by atoms with E-state index in [1.54, 1.807) is 0 Å². The van der Waals surface area contributed by atoms with Gasteiger partial charge in [-0.1, -0.05) is 188 Å². The summed E-state index contributed by atoms with van der Waals surface area (Å²) in [5.74, 6) is -0.0533. The number of hydrogen-bond donors (Lipinski definition) is 0. The van der Waals surface area contributed by atoms with Gasteiger partial charge in [0.15, 0.2) is 0 Å². The largest absolute Gasteiger partial charge is 0.463 e. The van der Waals surface area contributed by atoms with Gasteiger partial charge in [0.05, 0.1) is 18.6 Å². The van der Waals surface area contributed by atoms with Gasteiger partial charge in [0, 0.05) is 6.61 Å². The maximum Gasteiger partial charge on any atom is 0.308 e. The Hall–Kier alpha value is -0.570. The third kappa shape index (κ3) is 32.3. The number of carbonyl (C=O) groups excluding carboxylic acids is 1. The van der Waals surface area contributed by atoms with Crippen molar-refractivity contribution in [2.75, 3.05) is 6.61 Å².